The molecule has 176 valence electrons. The van der Waals surface area contributed by atoms with Gasteiger partial charge in [0.1, 0.15) is 5.69 Å². The van der Waals surface area contributed by atoms with Gasteiger partial charge in [0.25, 0.3) is 5.69 Å². The van der Waals surface area contributed by atoms with Gasteiger partial charge in [0.15, 0.2) is 5.78 Å². The highest BCUT2D eigenvalue weighted by Crippen LogP contribution is 2.36. The summed E-state index contributed by atoms with van der Waals surface area (Å²) in [7, 11) is 0. The van der Waals surface area contributed by atoms with Crippen molar-refractivity contribution in [1.82, 2.24) is 4.90 Å². The summed E-state index contributed by atoms with van der Waals surface area (Å²) < 4.78 is 38.7. The molecule has 0 N–H and O–H groups in total. The number of carbonyl (C=O) groups excluding carboxylic acids is 2. The van der Waals surface area contributed by atoms with Gasteiger partial charge in [-0.2, -0.15) is 13.2 Å². The Morgan fingerprint density at radius 3 is 2.18 bits per heavy atom. The Morgan fingerprint density at radius 2 is 1.64 bits per heavy atom. The maximum absolute atomic E-state index is 12.9. The van der Waals surface area contributed by atoms with E-state index in [0.29, 0.717) is 11.6 Å². The predicted molar refractivity (Wildman–Crippen MR) is 116 cm³/mol. The van der Waals surface area contributed by atoms with Crippen LogP contribution >= 0.6 is 0 Å². The number of alkyl halides is 3. The van der Waals surface area contributed by atoms with Crippen molar-refractivity contribution < 1.29 is 27.7 Å². The maximum atomic E-state index is 12.9. The SMILES string of the molecule is CCc1ccc(C(=O)CCC(=O)N2CCN(c3ccc(C(F)(F)F)cc3[N+](=O)[O-])CC2)cc1. The Kier molecular flexibility index (Phi) is 7.35. The number of benzene rings is 2. The zero-order valence-corrected chi connectivity index (χ0v) is 18.1. The average Bonchev–Trinajstić information content (AvgIpc) is 2.81. The van der Waals surface area contributed by atoms with Crippen LogP contribution in [0.25, 0.3) is 0 Å². The molecule has 0 bridgehead atoms. The van der Waals surface area contributed by atoms with Crippen molar-refractivity contribution in [3.05, 3.63) is 69.3 Å². The standard InChI is InChI=1S/C23H24F3N3O4/c1-2-16-3-5-17(6-4-16)21(30)9-10-22(31)28-13-11-27(12-14-28)19-8-7-18(23(24,25)26)15-20(19)29(32)33/h3-8,15H,2,9-14H2,1H3. The summed E-state index contributed by atoms with van der Waals surface area (Å²) in [5.41, 5.74) is 0.0593. The van der Waals surface area contributed by atoms with Gasteiger partial charge in [-0.05, 0) is 24.1 Å². The van der Waals surface area contributed by atoms with Crippen LogP contribution in [-0.4, -0.2) is 47.7 Å². The number of carbonyl (C=O) groups is 2. The van der Waals surface area contributed by atoms with Gasteiger partial charge in [-0.25, -0.2) is 0 Å². The van der Waals surface area contributed by atoms with Crippen molar-refractivity contribution in [2.24, 2.45) is 0 Å². The van der Waals surface area contributed by atoms with Gasteiger partial charge in [0.05, 0.1) is 10.5 Å². The molecule has 1 aliphatic heterocycles. The van der Waals surface area contributed by atoms with Crippen LogP contribution in [0.15, 0.2) is 42.5 Å². The van der Waals surface area contributed by atoms with Crippen LogP contribution in [-0.2, 0) is 17.4 Å². The molecule has 2 aromatic carbocycles. The topological polar surface area (TPSA) is 83.8 Å². The summed E-state index contributed by atoms with van der Waals surface area (Å²) in [5.74, 6) is -0.319. The van der Waals surface area contributed by atoms with E-state index in [1.54, 1.807) is 21.9 Å². The Balaban J connectivity index is 1.57. The van der Waals surface area contributed by atoms with Crippen molar-refractivity contribution in [2.45, 2.75) is 32.4 Å². The zero-order chi connectivity index (χ0) is 24.2. The third kappa shape index (κ3) is 5.88. The van der Waals surface area contributed by atoms with Gasteiger partial charge in [-0.1, -0.05) is 31.2 Å². The molecule has 1 heterocycles. The molecule has 1 fully saturated rings. The monoisotopic (exact) mass is 463 g/mol. The van der Waals surface area contributed by atoms with E-state index in [-0.39, 0.29) is 56.4 Å². The Morgan fingerprint density at radius 1 is 1.00 bits per heavy atom. The van der Waals surface area contributed by atoms with Crippen molar-refractivity contribution in [3.8, 4) is 0 Å². The molecule has 1 saturated heterocycles. The van der Waals surface area contributed by atoms with E-state index in [1.165, 1.54) is 0 Å². The third-order valence-corrected chi connectivity index (χ3v) is 5.72. The van der Waals surface area contributed by atoms with Gasteiger partial charge >= 0.3 is 6.18 Å². The van der Waals surface area contributed by atoms with Crippen molar-refractivity contribution >= 4 is 23.1 Å². The molecule has 3 rings (SSSR count). The lowest BCUT2D eigenvalue weighted by Gasteiger charge is -2.36. The van der Waals surface area contributed by atoms with Crippen molar-refractivity contribution in [2.75, 3.05) is 31.1 Å². The van der Waals surface area contributed by atoms with Gasteiger partial charge in [0, 0.05) is 50.7 Å². The first-order chi connectivity index (χ1) is 15.6. The molecule has 0 aromatic heterocycles. The summed E-state index contributed by atoms with van der Waals surface area (Å²) >= 11 is 0. The van der Waals surface area contributed by atoms with Crippen molar-refractivity contribution in [3.63, 3.8) is 0 Å². The number of anilines is 1. The minimum atomic E-state index is -4.68. The number of nitro groups is 1. The molecule has 33 heavy (non-hydrogen) atoms. The molecule has 0 aliphatic carbocycles. The molecule has 10 heteroatoms. The van der Waals surface area contributed by atoms with E-state index in [2.05, 4.69) is 0 Å². The maximum Gasteiger partial charge on any atom is 0.416 e. The Labute approximate surface area is 188 Å². The summed E-state index contributed by atoms with van der Waals surface area (Å²) in [5, 5.41) is 11.3. The highest BCUT2D eigenvalue weighted by Gasteiger charge is 2.34. The second-order valence-corrected chi connectivity index (χ2v) is 7.80. The van der Waals surface area contributed by atoms with Crippen LogP contribution in [0.3, 0.4) is 0 Å². The highest BCUT2D eigenvalue weighted by atomic mass is 19.4. The van der Waals surface area contributed by atoms with Crippen LogP contribution < -0.4 is 4.90 Å². The summed E-state index contributed by atoms with van der Waals surface area (Å²) in [6.07, 6.45) is -3.68. The lowest BCUT2D eigenvalue weighted by atomic mass is 10.0. The predicted octanol–water partition coefficient (Wildman–Crippen LogP) is 4.49. The summed E-state index contributed by atoms with van der Waals surface area (Å²) in [4.78, 5) is 38.5. The first kappa shape index (κ1) is 24.2. The normalized spacial score (nSPS) is 14.3. The quantitative estimate of drug-likeness (QED) is 0.343. The number of ketones is 1. The summed E-state index contributed by atoms with van der Waals surface area (Å²) in [6.45, 7) is 3.02. The first-order valence-electron chi connectivity index (χ1n) is 10.6. The molecule has 0 atom stereocenters. The number of halogens is 3. The number of aryl methyl sites for hydroxylation is 1. The number of hydrogen-bond donors (Lipinski definition) is 0. The Bertz CT molecular complexity index is 1030. The smallest absolute Gasteiger partial charge is 0.362 e. The largest absolute Gasteiger partial charge is 0.416 e. The number of nitro benzene ring substituents is 1. The fourth-order valence-electron chi connectivity index (χ4n) is 3.76. The van der Waals surface area contributed by atoms with Gasteiger partial charge in [0.2, 0.25) is 5.91 Å². The molecular formula is C23H24F3N3O4. The number of piperazine rings is 1. The number of rotatable bonds is 7. The van der Waals surface area contributed by atoms with Crippen LogP contribution in [0.2, 0.25) is 0 Å². The van der Waals surface area contributed by atoms with Crippen molar-refractivity contribution in [1.29, 1.82) is 0 Å². The van der Waals surface area contributed by atoms with E-state index in [1.807, 2.05) is 19.1 Å². The van der Waals surface area contributed by atoms with E-state index in [4.69, 9.17) is 0 Å². The molecular weight excluding hydrogens is 439 g/mol. The van der Waals surface area contributed by atoms with Crippen LogP contribution in [0.5, 0.6) is 0 Å². The molecule has 1 amide bonds. The van der Waals surface area contributed by atoms with E-state index < -0.39 is 22.4 Å². The number of amides is 1. The second kappa shape index (κ2) is 10.0. The second-order valence-electron chi connectivity index (χ2n) is 7.80. The molecule has 0 unspecified atom stereocenters. The number of nitrogens with zero attached hydrogens (tertiary/aromatic N) is 3. The average molecular weight is 463 g/mol. The Hall–Kier alpha value is -3.43. The summed E-state index contributed by atoms with van der Waals surface area (Å²) in [6, 6.07) is 9.72. The minimum absolute atomic E-state index is 0.0504. The molecule has 7 nitrogen and oxygen atoms in total. The highest BCUT2D eigenvalue weighted by molar-refractivity contribution is 5.98. The van der Waals surface area contributed by atoms with E-state index in [0.717, 1.165) is 24.1 Å². The molecule has 0 radical (unpaired) electrons. The number of hydrogen-bond acceptors (Lipinski definition) is 5. The van der Waals surface area contributed by atoms with Gasteiger partial charge < -0.3 is 9.80 Å². The zero-order valence-electron chi connectivity index (χ0n) is 18.1. The first-order valence-corrected chi connectivity index (χ1v) is 10.6. The van der Waals surface area contributed by atoms with Crippen LogP contribution in [0.1, 0.15) is 41.3 Å². The van der Waals surface area contributed by atoms with Gasteiger partial charge in [-0.15, -0.1) is 0 Å². The minimum Gasteiger partial charge on any atom is -0.362 e. The van der Waals surface area contributed by atoms with Crippen LogP contribution in [0, 0.1) is 10.1 Å². The molecule has 0 spiro atoms. The van der Waals surface area contributed by atoms with E-state index >= 15 is 0 Å². The third-order valence-electron chi connectivity index (χ3n) is 5.72. The molecule has 2 aromatic rings. The number of Topliss-reactive ketones (excluding diaryl/α,β-unsaturated/α-hetero) is 1. The fourth-order valence-corrected chi connectivity index (χ4v) is 3.76. The lowest BCUT2D eigenvalue weighted by Crippen LogP contribution is -2.49. The molecule has 0 saturated carbocycles. The fraction of sp³-hybridized carbons (Fsp3) is 0.391. The van der Waals surface area contributed by atoms with E-state index in [9.17, 15) is 32.9 Å². The lowest BCUT2D eigenvalue weighted by molar-refractivity contribution is -0.384. The molecule has 1 aliphatic rings. The van der Waals surface area contributed by atoms with Crippen LogP contribution in [0.4, 0.5) is 24.5 Å². The van der Waals surface area contributed by atoms with Gasteiger partial charge in [-0.3, -0.25) is 19.7 Å².